The van der Waals surface area contributed by atoms with E-state index in [1.54, 1.807) is 25.1 Å². The van der Waals surface area contributed by atoms with Crippen molar-refractivity contribution in [3.8, 4) is 0 Å². The summed E-state index contributed by atoms with van der Waals surface area (Å²) >= 11 is 0. The van der Waals surface area contributed by atoms with Crippen molar-refractivity contribution in [3.63, 3.8) is 0 Å². The molecule has 0 saturated heterocycles. The Hall–Kier alpha value is -3.76. The zero-order valence-electron chi connectivity index (χ0n) is 21.1. The number of benzodiazepines with no additional fused rings is 1. The summed E-state index contributed by atoms with van der Waals surface area (Å²) in [6, 6.07) is 10.5. The zero-order chi connectivity index (χ0) is 28.0. The third-order valence-corrected chi connectivity index (χ3v) is 6.14. The number of carbonyl (C=O) groups is 3. The lowest BCUT2D eigenvalue weighted by molar-refractivity contribution is -0.143. The molecule has 1 heterocycles. The first-order valence-electron chi connectivity index (χ1n) is 12.2. The monoisotopic (exact) mass is 534 g/mol. The van der Waals surface area contributed by atoms with Crippen molar-refractivity contribution in [2.75, 3.05) is 5.32 Å². The van der Waals surface area contributed by atoms with E-state index in [4.69, 9.17) is 5.73 Å². The summed E-state index contributed by atoms with van der Waals surface area (Å²) < 4.78 is 51.5. The third-order valence-electron chi connectivity index (χ3n) is 6.14. The van der Waals surface area contributed by atoms with Crippen LogP contribution in [0.15, 0.2) is 47.5 Å². The van der Waals surface area contributed by atoms with Gasteiger partial charge in [-0.2, -0.15) is 13.2 Å². The molecule has 2 aromatic carbocycles. The fraction of sp³-hybridized carbons (Fsp3) is 0.407. The number of nitrogens with one attached hydrogen (secondary N) is 2. The predicted octanol–water partition coefficient (Wildman–Crippen LogP) is 4.62. The van der Waals surface area contributed by atoms with Crippen molar-refractivity contribution in [1.82, 2.24) is 5.32 Å². The molecule has 2 aromatic rings. The van der Waals surface area contributed by atoms with Gasteiger partial charge in [-0.15, -0.1) is 0 Å². The van der Waals surface area contributed by atoms with E-state index in [0.717, 1.165) is 5.92 Å². The highest BCUT2D eigenvalue weighted by Crippen LogP contribution is 2.29. The summed E-state index contributed by atoms with van der Waals surface area (Å²) in [6.07, 6.45) is -5.68. The van der Waals surface area contributed by atoms with Crippen LogP contribution in [-0.2, 0) is 14.4 Å². The van der Waals surface area contributed by atoms with Crippen molar-refractivity contribution >= 4 is 29.1 Å². The number of aliphatic imine (C=N–C) groups is 1. The van der Waals surface area contributed by atoms with Crippen LogP contribution in [0, 0.1) is 24.6 Å². The van der Waals surface area contributed by atoms with Crippen LogP contribution in [0.1, 0.15) is 55.7 Å². The van der Waals surface area contributed by atoms with Gasteiger partial charge in [0.05, 0.1) is 11.4 Å². The van der Waals surface area contributed by atoms with Gasteiger partial charge in [0.2, 0.25) is 18.0 Å². The Morgan fingerprint density at radius 3 is 2.34 bits per heavy atom. The molecule has 0 radical (unpaired) electrons. The molecule has 2 aliphatic rings. The van der Waals surface area contributed by atoms with E-state index in [9.17, 15) is 31.9 Å². The summed E-state index contributed by atoms with van der Waals surface area (Å²) in [5.41, 5.74) is 7.47. The van der Waals surface area contributed by atoms with Gasteiger partial charge >= 0.3 is 6.18 Å². The van der Waals surface area contributed by atoms with Gasteiger partial charge in [0, 0.05) is 29.9 Å². The molecule has 2 atom stereocenters. The number of hydrogen-bond acceptors (Lipinski definition) is 4. The number of primary amides is 1. The highest BCUT2D eigenvalue weighted by Gasteiger charge is 2.34. The van der Waals surface area contributed by atoms with Crippen LogP contribution in [0.3, 0.4) is 0 Å². The molecule has 4 N–H and O–H groups in total. The molecule has 1 fully saturated rings. The molecule has 0 aromatic heterocycles. The average molecular weight is 535 g/mol. The number of aryl methyl sites for hydroxylation is 1. The molecule has 38 heavy (non-hydrogen) atoms. The first-order valence-corrected chi connectivity index (χ1v) is 12.2. The molecule has 1 aliphatic heterocycles. The molecule has 2 unspecified atom stereocenters. The maximum absolute atomic E-state index is 13.5. The smallest absolute Gasteiger partial charge is 0.370 e. The quantitative estimate of drug-likeness (QED) is 0.451. The number of anilines is 1. The molecule has 3 amide bonds. The number of para-hydroxylation sites is 1. The number of benzene rings is 2. The maximum Gasteiger partial charge on any atom is 0.389 e. The Morgan fingerprint density at radius 2 is 1.79 bits per heavy atom. The first kappa shape index (κ1) is 28.8. The second-order valence-corrected chi connectivity index (χ2v) is 9.59. The summed E-state index contributed by atoms with van der Waals surface area (Å²) in [7, 11) is 0. The van der Waals surface area contributed by atoms with Crippen molar-refractivity contribution in [1.29, 1.82) is 0 Å². The van der Waals surface area contributed by atoms with Crippen molar-refractivity contribution in [2.45, 2.75) is 58.3 Å². The van der Waals surface area contributed by atoms with E-state index in [2.05, 4.69) is 22.5 Å². The molecular formula is C27H30F4N4O3. The van der Waals surface area contributed by atoms with Gasteiger partial charge in [0.1, 0.15) is 5.82 Å². The normalized spacial score (nSPS) is 17.6. The SMILES string of the molecule is CC1CC1.Cc1cccc2c1NC(=O)C(NC(=O)C(CCC(F)(F)F)CC(N)=O)N=C2c1ccc(F)cc1. The summed E-state index contributed by atoms with van der Waals surface area (Å²) in [5, 5.41) is 5.01. The Morgan fingerprint density at radius 1 is 1.16 bits per heavy atom. The molecule has 4 rings (SSSR count). The summed E-state index contributed by atoms with van der Waals surface area (Å²) in [5.74, 6) is -3.45. The minimum Gasteiger partial charge on any atom is -0.370 e. The van der Waals surface area contributed by atoms with Crippen LogP contribution in [-0.4, -0.2) is 35.8 Å². The van der Waals surface area contributed by atoms with E-state index < -0.39 is 61.1 Å². The van der Waals surface area contributed by atoms with Gasteiger partial charge in [-0.1, -0.05) is 38.0 Å². The number of hydrogen-bond donors (Lipinski definition) is 3. The molecule has 1 aliphatic carbocycles. The molecule has 11 heteroatoms. The second-order valence-electron chi connectivity index (χ2n) is 9.59. The fourth-order valence-electron chi connectivity index (χ4n) is 3.74. The minimum absolute atomic E-state index is 0.268. The zero-order valence-corrected chi connectivity index (χ0v) is 21.1. The number of alkyl halides is 3. The lowest BCUT2D eigenvalue weighted by Crippen LogP contribution is -2.45. The van der Waals surface area contributed by atoms with E-state index in [0.29, 0.717) is 22.4 Å². The highest BCUT2D eigenvalue weighted by atomic mass is 19.4. The lowest BCUT2D eigenvalue weighted by Gasteiger charge is -2.19. The van der Waals surface area contributed by atoms with E-state index in [-0.39, 0.29) is 5.71 Å². The predicted molar refractivity (Wildman–Crippen MR) is 135 cm³/mol. The van der Waals surface area contributed by atoms with Crippen LogP contribution in [0.2, 0.25) is 0 Å². The molecule has 7 nitrogen and oxygen atoms in total. The lowest BCUT2D eigenvalue weighted by atomic mass is 9.97. The number of amides is 3. The first-order chi connectivity index (χ1) is 17.8. The Bertz CT molecular complexity index is 1210. The summed E-state index contributed by atoms with van der Waals surface area (Å²) in [4.78, 5) is 41.3. The van der Waals surface area contributed by atoms with Crippen LogP contribution in [0.4, 0.5) is 23.2 Å². The van der Waals surface area contributed by atoms with Gasteiger partial charge in [-0.25, -0.2) is 9.38 Å². The maximum atomic E-state index is 13.5. The van der Waals surface area contributed by atoms with Crippen LogP contribution in [0.25, 0.3) is 0 Å². The average Bonchev–Trinajstić information content (AvgIpc) is 3.64. The topological polar surface area (TPSA) is 114 Å². The Balaban J connectivity index is 0.000000912. The number of carbonyl (C=O) groups excluding carboxylic acids is 3. The number of halogens is 4. The second kappa shape index (κ2) is 12.2. The highest BCUT2D eigenvalue weighted by molar-refractivity contribution is 6.20. The number of nitrogens with zero attached hydrogens (tertiary/aromatic N) is 1. The Kier molecular flexibility index (Phi) is 9.24. The third kappa shape index (κ3) is 8.39. The van der Waals surface area contributed by atoms with Gasteiger partial charge in [-0.05, 0) is 49.1 Å². The number of nitrogens with two attached hydrogens (primary N) is 1. The van der Waals surface area contributed by atoms with Gasteiger partial charge in [0.25, 0.3) is 5.91 Å². The number of rotatable bonds is 7. The van der Waals surface area contributed by atoms with E-state index >= 15 is 0 Å². The molecule has 0 bridgehead atoms. The van der Waals surface area contributed by atoms with Crippen molar-refractivity contribution in [2.24, 2.45) is 22.6 Å². The summed E-state index contributed by atoms with van der Waals surface area (Å²) in [6.45, 7) is 4.03. The number of fused-ring (bicyclic) bond motifs is 1. The van der Waals surface area contributed by atoms with Crippen molar-refractivity contribution < 1.29 is 31.9 Å². The molecular weight excluding hydrogens is 504 g/mol. The van der Waals surface area contributed by atoms with Crippen LogP contribution >= 0.6 is 0 Å². The fourth-order valence-corrected chi connectivity index (χ4v) is 3.74. The van der Waals surface area contributed by atoms with Gasteiger partial charge in [0.15, 0.2) is 0 Å². The standard InChI is InChI=1S/C23H22F4N4O3.C4H8/c1-12-3-2-4-16-18(12)30-22(34)20(29-19(16)13-5-7-15(24)8-6-13)31-21(33)14(11-17(28)32)9-10-23(25,26)27;1-4-2-3-4/h2-8,14,20H,9-11H2,1H3,(H2,28,32)(H,30,34)(H,31,33);4H,2-3H2,1H3. The van der Waals surface area contributed by atoms with Gasteiger partial charge < -0.3 is 16.4 Å². The van der Waals surface area contributed by atoms with Crippen LogP contribution < -0.4 is 16.4 Å². The van der Waals surface area contributed by atoms with E-state index in [1.165, 1.54) is 37.1 Å². The van der Waals surface area contributed by atoms with E-state index in [1.807, 2.05) is 0 Å². The molecule has 204 valence electrons. The largest absolute Gasteiger partial charge is 0.389 e. The van der Waals surface area contributed by atoms with Crippen LogP contribution in [0.5, 0.6) is 0 Å². The minimum atomic E-state index is -4.54. The van der Waals surface area contributed by atoms with Gasteiger partial charge in [-0.3, -0.25) is 14.4 Å². The Labute approximate surface area is 217 Å². The van der Waals surface area contributed by atoms with Crippen molar-refractivity contribution in [3.05, 3.63) is 65.0 Å². The molecule has 1 saturated carbocycles. The molecule has 0 spiro atoms.